The molecule has 2 aliphatic rings. The van der Waals surface area contributed by atoms with E-state index in [1.54, 1.807) is 37.3 Å². The van der Waals surface area contributed by atoms with Crippen molar-refractivity contribution in [1.29, 1.82) is 0 Å². The largest absolute Gasteiger partial charge is 0.476 e. The number of halogens is 1. The van der Waals surface area contributed by atoms with Crippen LogP contribution in [-0.2, 0) is 4.79 Å². The Morgan fingerprint density at radius 3 is 2.57 bits per heavy atom. The van der Waals surface area contributed by atoms with Gasteiger partial charge in [0, 0.05) is 18.7 Å². The third kappa shape index (κ3) is 3.46. The normalized spacial score (nSPS) is 19.0. The lowest BCUT2D eigenvalue weighted by Crippen LogP contribution is -2.52. The molecule has 0 spiro atoms. The molecule has 4 rings (SSSR count). The number of piperidine rings is 1. The second-order valence-corrected chi connectivity index (χ2v) is 7.34. The molecular weight excluding hydrogens is 359 g/mol. The van der Waals surface area contributed by atoms with Gasteiger partial charge in [-0.2, -0.15) is 0 Å². The number of nitrogens with zero attached hydrogens (tertiary/aromatic N) is 2. The first-order valence-corrected chi connectivity index (χ1v) is 9.67. The van der Waals surface area contributed by atoms with Crippen LogP contribution in [0.3, 0.4) is 0 Å². The van der Waals surface area contributed by atoms with Crippen LogP contribution in [0.5, 0.6) is 5.75 Å². The molecule has 0 aliphatic carbocycles. The van der Waals surface area contributed by atoms with Crippen LogP contribution in [0.1, 0.15) is 35.2 Å². The van der Waals surface area contributed by atoms with Crippen molar-refractivity contribution < 1.29 is 18.7 Å². The van der Waals surface area contributed by atoms with Crippen molar-refractivity contribution in [2.75, 3.05) is 24.5 Å². The summed E-state index contributed by atoms with van der Waals surface area (Å²) in [6.45, 7) is 3.20. The number of fused-ring (bicyclic) bond motifs is 1. The Bertz CT molecular complexity index is 908. The molecule has 5 nitrogen and oxygen atoms in total. The number of rotatable bonds is 2. The third-order valence-corrected chi connectivity index (χ3v) is 5.38. The van der Waals surface area contributed by atoms with Gasteiger partial charge in [-0.25, -0.2) is 4.39 Å². The topological polar surface area (TPSA) is 49.9 Å². The highest BCUT2D eigenvalue weighted by molar-refractivity contribution is 6.08. The SMILES string of the molecule is Cc1ccc(C(=O)N2C[C@@H](C(=O)N3CCCCC3)Oc3ccccc32)cc1F. The average Bonchev–Trinajstić information content (AvgIpc) is 2.74. The van der Waals surface area contributed by atoms with Gasteiger partial charge in [0.1, 0.15) is 11.6 Å². The van der Waals surface area contributed by atoms with Crippen molar-refractivity contribution in [3.63, 3.8) is 0 Å². The quantitative estimate of drug-likeness (QED) is 0.798. The number of aryl methyl sites for hydroxylation is 1. The predicted molar refractivity (Wildman–Crippen MR) is 104 cm³/mol. The van der Waals surface area contributed by atoms with Gasteiger partial charge in [0.15, 0.2) is 6.10 Å². The van der Waals surface area contributed by atoms with Gasteiger partial charge in [0.25, 0.3) is 11.8 Å². The van der Waals surface area contributed by atoms with Gasteiger partial charge in [-0.1, -0.05) is 18.2 Å². The minimum absolute atomic E-state index is 0.0953. The van der Waals surface area contributed by atoms with Crippen LogP contribution in [0.25, 0.3) is 0 Å². The van der Waals surface area contributed by atoms with E-state index in [0.717, 1.165) is 32.4 Å². The smallest absolute Gasteiger partial charge is 0.265 e. The summed E-state index contributed by atoms with van der Waals surface area (Å²) >= 11 is 0. The number of hydrogen-bond acceptors (Lipinski definition) is 3. The number of para-hydroxylation sites is 2. The van der Waals surface area contributed by atoms with Crippen LogP contribution in [0.4, 0.5) is 10.1 Å². The number of amides is 2. The number of carbonyl (C=O) groups is 2. The van der Waals surface area contributed by atoms with E-state index in [1.807, 2.05) is 11.0 Å². The maximum atomic E-state index is 14.0. The van der Waals surface area contributed by atoms with E-state index in [0.29, 0.717) is 17.0 Å². The first-order chi connectivity index (χ1) is 13.5. The standard InChI is InChI=1S/C22H23FN2O3/c1-15-9-10-16(13-17(15)23)21(26)25-14-20(22(27)24-11-5-2-6-12-24)28-19-8-4-3-7-18(19)25/h3-4,7-10,13,20H,2,5-6,11-12,14H2,1H3/t20-/m0/s1. The van der Waals surface area contributed by atoms with Crippen LogP contribution in [-0.4, -0.2) is 42.5 Å². The third-order valence-electron chi connectivity index (χ3n) is 5.38. The summed E-state index contributed by atoms with van der Waals surface area (Å²) in [6.07, 6.45) is 2.34. The van der Waals surface area contributed by atoms with E-state index in [2.05, 4.69) is 0 Å². The molecule has 1 saturated heterocycles. The molecule has 6 heteroatoms. The summed E-state index contributed by atoms with van der Waals surface area (Å²) in [6, 6.07) is 11.6. The van der Waals surface area contributed by atoms with E-state index in [-0.39, 0.29) is 23.9 Å². The van der Waals surface area contributed by atoms with E-state index >= 15 is 0 Å². The maximum Gasteiger partial charge on any atom is 0.265 e. The van der Waals surface area contributed by atoms with Gasteiger partial charge in [0.05, 0.1) is 12.2 Å². The monoisotopic (exact) mass is 382 g/mol. The Balaban J connectivity index is 1.64. The number of ether oxygens (including phenoxy) is 1. The zero-order chi connectivity index (χ0) is 19.7. The maximum absolute atomic E-state index is 14.0. The van der Waals surface area contributed by atoms with Crippen LogP contribution >= 0.6 is 0 Å². The van der Waals surface area contributed by atoms with Gasteiger partial charge in [0.2, 0.25) is 0 Å². The molecule has 1 atom stereocenters. The highest BCUT2D eigenvalue weighted by Gasteiger charge is 2.36. The van der Waals surface area contributed by atoms with Crippen molar-refractivity contribution in [1.82, 2.24) is 4.90 Å². The molecule has 0 aromatic heterocycles. The molecule has 0 N–H and O–H groups in total. The zero-order valence-corrected chi connectivity index (χ0v) is 15.9. The minimum atomic E-state index is -0.757. The lowest BCUT2D eigenvalue weighted by molar-refractivity contribution is -0.139. The molecular formula is C22H23FN2O3. The number of hydrogen-bond donors (Lipinski definition) is 0. The Hall–Kier alpha value is -2.89. The summed E-state index contributed by atoms with van der Waals surface area (Å²) < 4.78 is 19.9. The van der Waals surface area contributed by atoms with E-state index < -0.39 is 11.9 Å². The fourth-order valence-electron chi connectivity index (χ4n) is 3.75. The molecule has 2 heterocycles. The van der Waals surface area contributed by atoms with E-state index in [1.165, 1.54) is 11.0 Å². The Kier molecular flexibility index (Phi) is 5.03. The molecule has 2 amide bonds. The van der Waals surface area contributed by atoms with Crippen LogP contribution in [0.15, 0.2) is 42.5 Å². The minimum Gasteiger partial charge on any atom is -0.476 e. The molecule has 0 saturated carbocycles. The Labute approximate surface area is 163 Å². The molecule has 0 unspecified atom stereocenters. The summed E-state index contributed by atoms with van der Waals surface area (Å²) in [5.74, 6) is -0.369. The molecule has 2 aromatic rings. The fraction of sp³-hybridized carbons (Fsp3) is 0.364. The average molecular weight is 382 g/mol. The number of carbonyl (C=O) groups excluding carboxylic acids is 2. The molecule has 2 aliphatic heterocycles. The van der Waals surface area contributed by atoms with Crippen LogP contribution < -0.4 is 9.64 Å². The number of anilines is 1. The van der Waals surface area contributed by atoms with Crippen molar-refractivity contribution in [2.24, 2.45) is 0 Å². The summed E-state index contributed by atoms with van der Waals surface area (Å²) in [5, 5.41) is 0. The fourth-order valence-corrected chi connectivity index (χ4v) is 3.75. The predicted octanol–water partition coefficient (Wildman–Crippen LogP) is 3.55. The van der Waals surface area contributed by atoms with Gasteiger partial charge in [-0.15, -0.1) is 0 Å². The number of benzene rings is 2. The van der Waals surface area contributed by atoms with E-state index in [9.17, 15) is 14.0 Å². The molecule has 1 fully saturated rings. The Morgan fingerprint density at radius 1 is 1.07 bits per heavy atom. The molecule has 0 bridgehead atoms. The molecule has 0 radical (unpaired) electrons. The van der Waals surface area contributed by atoms with Crippen LogP contribution in [0.2, 0.25) is 0 Å². The van der Waals surface area contributed by atoms with Crippen molar-refractivity contribution >= 4 is 17.5 Å². The lowest BCUT2D eigenvalue weighted by atomic mass is 10.1. The van der Waals surface area contributed by atoms with Gasteiger partial charge in [-0.3, -0.25) is 9.59 Å². The van der Waals surface area contributed by atoms with Gasteiger partial charge >= 0.3 is 0 Å². The molecule has 146 valence electrons. The van der Waals surface area contributed by atoms with Crippen molar-refractivity contribution in [3.8, 4) is 5.75 Å². The van der Waals surface area contributed by atoms with Crippen molar-refractivity contribution in [2.45, 2.75) is 32.3 Å². The summed E-state index contributed by atoms with van der Waals surface area (Å²) in [7, 11) is 0. The Morgan fingerprint density at radius 2 is 1.82 bits per heavy atom. The first kappa shape index (κ1) is 18.5. The van der Waals surface area contributed by atoms with E-state index in [4.69, 9.17) is 4.74 Å². The lowest BCUT2D eigenvalue weighted by Gasteiger charge is -2.37. The second-order valence-electron chi connectivity index (χ2n) is 7.34. The highest BCUT2D eigenvalue weighted by atomic mass is 19.1. The van der Waals surface area contributed by atoms with Gasteiger partial charge < -0.3 is 14.5 Å². The highest BCUT2D eigenvalue weighted by Crippen LogP contribution is 2.34. The second kappa shape index (κ2) is 7.62. The van der Waals surface area contributed by atoms with Crippen LogP contribution in [0, 0.1) is 12.7 Å². The van der Waals surface area contributed by atoms with Gasteiger partial charge in [-0.05, 0) is 56.0 Å². The summed E-state index contributed by atoms with van der Waals surface area (Å²) in [5.41, 5.74) is 1.33. The number of likely N-dealkylation sites (tertiary alicyclic amines) is 1. The van der Waals surface area contributed by atoms with Crippen molar-refractivity contribution in [3.05, 3.63) is 59.4 Å². The zero-order valence-electron chi connectivity index (χ0n) is 15.9. The summed E-state index contributed by atoms with van der Waals surface area (Å²) in [4.78, 5) is 29.5. The first-order valence-electron chi connectivity index (χ1n) is 9.67. The molecule has 2 aromatic carbocycles. The molecule has 28 heavy (non-hydrogen) atoms.